The maximum Gasteiger partial charge on any atom is 0.163 e. The molecule has 0 N–H and O–H groups in total. The van der Waals surface area contributed by atoms with Crippen molar-refractivity contribution >= 4 is 0 Å². The Labute approximate surface area is 287 Å². The molecule has 1 fully saturated rings. The van der Waals surface area contributed by atoms with Crippen molar-refractivity contribution in [2.24, 2.45) is 0 Å². The van der Waals surface area contributed by atoms with Gasteiger partial charge in [0.05, 0.1) is 165 Å². The zero-order valence-electron chi connectivity index (χ0n) is 29.7. The highest BCUT2D eigenvalue weighted by atomic mass is 16.7. The van der Waals surface area contributed by atoms with E-state index in [1.807, 2.05) is 13.8 Å². The van der Waals surface area contributed by atoms with E-state index in [4.69, 9.17) is 71.1 Å². The van der Waals surface area contributed by atoms with Gasteiger partial charge in [0.1, 0.15) is 12.2 Å². The predicted octanol–water partition coefficient (Wildman–Crippen LogP) is 1.54. The molecule has 1 aliphatic rings. The molecule has 48 heavy (non-hydrogen) atoms. The third-order valence-corrected chi connectivity index (χ3v) is 6.20. The Hall–Kier alpha value is -0.860. The molecule has 0 aromatic rings. The van der Waals surface area contributed by atoms with Crippen molar-refractivity contribution in [1.82, 2.24) is 0 Å². The highest BCUT2D eigenvalue weighted by Gasteiger charge is 2.32. The minimum Gasteiger partial charge on any atom is -0.382 e. The topological polar surface area (TPSA) is 138 Å². The molecule has 0 amide bonds. The van der Waals surface area contributed by atoms with Gasteiger partial charge < -0.3 is 71.1 Å². The highest BCUT2D eigenvalue weighted by Crippen LogP contribution is 2.22. The fourth-order valence-corrected chi connectivity index (χ4v) is 3.88. The molecule has 2 unspecified atom stereocenters. The van der Waals surface area contributed by atoms with Gasteiger partial charge in [-0.25, -0.2) is 0 Å². The Bertz CT molecular complexity index is 673. The van der Waals surface area contributed by atoms with Crippen molar-refractivity contribution < 1.29 is 71.1 Å². The van der Waals surface area contributed by atoms with Crippen LogP contribution in [0.15, 0.2) is 12.7 Å². The molecule has 1 saturated heterocycles. The highest BCUT2D eigenvalue weighted by molar-refractivity contribution is 4.71. The SMILES string of the molecule is C=CCOCC(COCC1COC(C)(C)O1)OCCOCCOCCOCCOCCOCCOCCOCCOCCOCCOC. The number of rotatable bonds is 39. The van der Waals surface area contributed by atoms with E-state index in [9.17, 15) is 0 Å². The normalized spacial score (nSPS) is 16.5. The Balaban J connectivity index is 1.77. The number of hydrogen-bond donors (Lipinski definition) is 0. The molecule has 1 aliphatic heterocycles. The summed E-state index contributed by atoms with van der Waals surface area (Å²) in [4.78, 5) is 0. The lowest BCUT2D eigenvalue weighted by Crippen LogP contribution is -2.30. The molecule has 2 atom stereocenters. The average molecular weight is 701 g/mol. The maximum absolute atomic E-state index is 5.88. The molecule has 0 aliphatic carbocycles. The van der Waals surface area contributed by atoms with E-state index in [0.29, 0.717) is 165 Å². The summed E-state index contributed by atoms with van der Waals surface area (Å²) in [5, 5.41) is 0. The number of methoxy groups -OCH3 is 1. The third-order valence-electron chi connectivity index (χ3n) is 6.20. The van der Waals surface area contributed by atoms with Gasteiger partial charge in [-0.15, -0.1) is 6.58 Å². The van der Waals surface area contributed by atoms with Crippen LogP contribution < -0.4 is 0 Å². The molecular weight excluding hydrogens is 636 g/mol. The van der Waals surface area contributed by atoms with Gasteiger partial charge in [-0.3, -0.25) is 0 Å². The molecule has 0 saturated carbocycles. The first-order valence-corrected chi connectivity index (χ1v) is 17.0. The van der Waals surface area contributed by atoms with Gasteiger partial charge in [-0.05, 0) is 13.8 Å². The number of hydrogen-bond acceptors (Lipinski definition) is 15. The van der Waals surface area contributed by atoms with Crippen LogP contribution in [0.25, 0.3) is 0 Å². The second-order valence-electron chi connectivity index (χ2n) is 10.8. The Morgan fingerprint density at radius 3 is 1.29 bits per heavy atom. The van der Waals surface area contributed by atoms with Crippen LogP contribution >= 0.6 is 0 Å². The van der Waals surface area contributed by atoms with Crippen LogP contribution in [-0.2, 0) is 71.1 Å². The quantitative estimate of drug-likeness (QED) is 0.0677. The molecule has 286 valence electrons. The Kier molecular flexibility index (Phi) is 32.5. The van der Waals surface area contributed by atoms with Crippen LogP contribution in [0.5, 0.6) is 0 Å². The van der Waals surface area contributed by atoms with Crippen LogP contribution in [-0.4, -0.2) is 190 Å². The average Bonchev–Trinajstić information content (AvgIpc) is 3.43. The van der Waals surface area contributed by atoms with Crippen molar-refractivity contribution in [3.63, 3.8) is 0 Å². The summed E-state index contributed by atoms with van der Waals surface area (Å²) >= 11 is 0. The first-order chi connectivity index (χ1) is 23.6. The summed E-state index contributed by atoms with van der Waals surface area (Å²) in [5.74, 6) is -0.565. The molecule has 0 spiro atoms. The lowest BCUT2D eigenvalue weighted by molar-refractivity contribution is -0.148. The van der Waals surface area contributed by atoms with E-state index in [1.165, 1.54) is 0 Å². The second-order valence-corrected chi connectivity index (χ2v) is 10.8. The van der Waals surface area contributed by atoms with Crippen LogP contribution in [0.4, 0.5) is 0 Å². The van der Waals surface area contributed by atoms with Crippen molar-refractivity contribution in [2.75, 3.05) is 172 Å². The first-order valence-electron chi connectivity index (χ1n) is 17.0. The minimum absolute atomic E-state index is 0.0857. The molecule has 1 heterocycles. The molecular formula is C33H64O15. The van der Waals surface area contributed by atoms with Gasteiger partial charge in [0.25, 0.3) is 0 Å². The monoisotopic (exact) mass is 700 g/mol. The van der Waals surface area contributed by atoms with Crippen LogP contribution in [0.1, 0.15) is 13.8 Å². The molecule has 0 aromatic carbocycles. The van der Waals surface area contributed by atoms with E-state index in [0.717, 1.165) is 0 Å². The van der Waals surface area contributed by atoms with E-state index in [2.05, 4.69) is 6.58 Å². The first kappa shape index (κ1) is 45.2. The summed E-state index contributed by atoms with van der Waals surface area (Å²) in [7, 11) is 1.64. The zero-order valence-corrected chi connectivity index (χ0v) is 29.7. The van der Waals surface area contributed by atoms with Crippen LogP contribution in [0, 0.1) is 0 Å². The fourth-order valence-electron chi connectivity index (χ4n) is 3.88. The molecule has 1 rings (SSSR count). The third kappa shape index (κ3) is 31.1. The van der Waals surface area contributed by atoms with Crippen molar-refractivity contribution in [3.05, 3.63) is 12.7 Å². The van der Waals surface area contributed by atoms with Crippen molar-refractivity contribution in [1.29, 1.82) is 0 Å². The summed E-state index contributed by atoms with van der Waals surface area (Å²) < 4.78 is 82.6. The minimum atomic E-state index is -0.565. The van der Waals surface area contributed by atoms with Gasteiger partial charge in [-0.1, -0.05) is 6.08 Å². The van der Waals surface area contributed by atoms with Gasteiger partial charge >= 0.3 is 0 Å². The summed E-state index contributed by atoms with van der Waals surface area (Å²) in [5.41, 5.74) is 0. The van der Waals surface area contributed by atoms with Gasteiger partial charge in [0.15, 0.2) is 5.79 Å². The largest absolute Gasteiger partial charge is 0.382 e. The van der Waals surface area contributed by atoms with Crippen molar-refractivity contribution in [2.45, 2.75) is 31.8 Å². The lowest BCUT2D eigenvalue weighted by Gasteiger charge is -2.20. The maximum atomic E-state index is 5.88. The van der Waals surface area contributed by atoms with Gasteiger partial charge in [0, 0.05) is 7.11 Å². The summed E-state index contributed by atoms with van der Waals surface area (Å²) in [6.45, 7) is 19.8. The second kappa shape index (κ2) is 34.6. The molecule has 0 aromatic heterocycles. The van der Waals surface area contributed by atoms with Crippen LogP contribution in [0.3, 0.4) is 0 Å². The smallest absolute Gasteiger partial charge is 0.163 e. The Morgan fingerprint density at radius 1 is 0.562 bits per heavy atom. The fraction of sp³-hybridized carbons (Fsp3) is 0.939. The summed E-state index contributed by atoms with van der Waals surface area (Å²) in [6.07, 6.45) is 1.40. The van der Waals surface area contributed by atoms with Gasteiger partial charge in [-0.2, -0.15) is 0 Å². The molecule has 15 nitrogen and oxygen atoms in total. The van der Waals surface area contributed by atoms with Crippen molar-refractivity contribution in [3.8, 4) is 0 Å². The van der Waals surface area contributed by atoms with E-state index >= 15 is 0 Å². The van der Waals surface area contributed by atoms with E-state index < -0.39 is 5.79 Å². The molecule has 15 heteroatoms. The Morgan fingerprint density at radius 2 is 0.938 bits per heavy atom. The zero-order chi connectivity index (χ0) is 34.6. The number of ether oxygens (including phenoxy) is 15. The molecule has 0 radical (unpaired) electrons. The molecule has 0 bridgehead atoms. The lowest BCUT2D eigenvalue weighted by atomic mass is 10.3. The summed E-state index contributed by atoms with van der Waals surface area (Å²) in [6, 6.07) is 0. The van der Waals surface area contributed by atoms with E-state index in [-0.39, 0.29) is 12.2 Å². The van der Waals surface area contributed by atoms with E-state index in [1.54, 1.807) is 13.2 Å². The predicted molar refractivity (Wildman–Crippen MR) is 176 cm³/mol. The van der Waals surface area contributed by atoms with Gasteiger partial charge in [0.2, 0.25) is 0 Å². The standard InChI is InChI=1S/C33H64O15/c1-5-6-44-27-31(28-45-29-32-30-47-33(2,3)48-32)46-26-25-43-24-23-42-22-21-41-20-19-40-18-17-39-16-15-38-14-13-37-12-11-36-10-9-35-8-7-34-4/h5,31-32H,1,6-30H2,2-4H3. The van der Waals surface area contributed by atoms with Crippen LogP contribution in [0.2, 0.25) is 0 Å².